The summed E-state index contributed by atoms with van der Waals surface area (Å²) in [6, 6.07) is 0.547. The average Bonchev–Trinajstić information content (AvgIpc) is 2.91. The summed E-state index contributed by atoms with van der Waals surface area (Å²) in [6.07, 6.45) is 3.63. The number of hydrogen-bond donors (Lipinski definition) is 3. The summed E-state index contributed by atoms with van der Waals surface area (Å²) >= 11 is 0. The van der Waals surface area contributed by atoms with Crippen molar-refractivity contribution >= 4 is 0 Å². The summed E-state index contributed by atoms with van der Waals surface area (Å²) in [6.45, 7) is 7.28. The van der Waals surface area contributed by atoms with Gasteiger partial charge in [-0.2, -0.15) is 0 Å². The van der Waals surface area contributed by atoms with Gasteiger partial charge in [0.2, 0.25) is 0 Å². The van der Waals surface area contributed by atoms with E-state index in [0.29, 0.717) is 6.04 Å². The molecular formula is C18H35N3O3. The molecule has 0 spiro atoms. The fraction of sp³-hybridized carbons (Fsp3) is 1.00. The molecule has 3 N–H and O–H groups in total. The average molecular weight is 341 g/mol. The van der Waals surface area contributed by atoms with E-state index >= 15 is 0 Å². The number of aliphatic hydroxyl groups excluding tert-OH is 2. The van der Waals surface area contributed by atoms with E-state index in [0.717, 1.165) is 38.6 Å². The van der Waals surface area contributed by atoms with Crippen LogP contribution in [0.15, 0.2) is 0 Å². The molecule has 0 aromatic carbocycles. The molecule has 0 bridgehead atoms. The SMILES string of the molecule is CC1CCN(C2C(CNC3CCN(C)CC3)OC(CO)C2O)CC1. The largest absolute Gasteiger partial charge is 0.394 e. The third-order valence-electron chi connectivity index (χ3n) is 6.21. The fourth-order valence-corrected chi connectivity index (χ4v) is 4.42. The van der Waals surface area contributed by atoms with Crippen molar-refractivity contribution in [2.45, 2.75) is 63.0 Å². The summed E-state index contributed by atoms with van der Waals surface area (Å²) < 4.78 is 6.01. The number of rotatable bonds is 5. The van der Waals surface area contributed by atoms with E-state index in [2.05, 4.69) is 29.1 Å². The van der Waals surface area contributed by atoms with E-state index in [9.17, 15) is 10.2 Å². The maximum Gasteiger partial charge on any atom is 0.109 e. The lowest BCUT2D eigenvalue weighted by molar-refractivity contribution is -0.0222. The van der Waals surface area contributed by atoms with Crippen LogP contribution in [-0.4, -0.2) is 96.8 Å². The maximum absolute atomic E-state index is 10.6. The van der Waals surface area contributed by atoms with Gasteiger partial charge in [0.1, 0.15) is 12.2 Å². The molecule has 0 aliphatic carbocycles. The van der Waals surface area contributed by atoms with Gasteiger partial charge in [-0.05, 0) is 64.8 Å². The highest BCUT2D eigenvalue weighted by molar-refractivity contribution is 4.99. The zero-order valence-corrected chi connectivity index (χ0v) is 15.2. The van der Waals surface area contributed by atoms with Crippen LogP contribution in [0.4, 0.5) is 0 Å². The second kappa shape index (κ2) is 8.43. The number of nitrogens with one attached hydrogen (secondary N) is 1. The quantitative estimate of drug-likeness (QED) is 0.648. The third-order valence-corrected chi connectivity index (χ3v) is 6.21. The van der Waals surface area contributed by atoms with Crippen molar-refractivity contribution in [1.82, 2.24) is 15.1 Å². The minimum absolute atomic E-state index is 0.00779. The van der Waals surface area contributed by atoms with Gasteiger partial charge in [0.15, 0.2) is 0 Å². The maximum atomic E-state index is 10.6. The van der Waals surface area contributed by atoms with Crippen molar-refractivity contribution in [2.75, 3.05) is 46.4 Å². The van der Waals surface area contributed by atoms with E-state index in [-0.39, 0.29) is 18.8 Å². The summed E-state index contributed by atoms with van der Waals surface area (Å²) in [5, 5.41) is 23.8. The molecule has 0 saturated carbocycles. The lowest BCUT2D eigenvalue weighted by atomic mass is 9.94. The van der Waals surface area contributed by atoms with Gasteiger partial charge < -0.3 is 25.2 Å². The molecule has 0 amide bonds. The lowest BCUT2D eigenvalue weighted by Crippen LogP contribution is -2.54. The van der Waals surface area contributed by atoms with Crippen molar-refractivity contribution in [3.8, 4) is 0 Å². The van der Waals surface area contributed by atoms with Gasteiger partial charge in [-0.3, -0.25) is 4.90 Å². The number of piperidine rings is 2. The number of likely N-dealkylation sites (tertiary alicyclic amines) is 2. The molecule has 3 heterocycles. The molecule has 24 heavy (non-hydrogen) atoms. The normalized spacial score (nSPS) is 38.0. The summed E-state index contributed by atoms with van der Waals surface area (Å²) in [5.41, 5.74) is 0. The van der Waals surface area contributed by atoms with Crippen LogP contribution >= 0.6 is 0 Å². The molecule has 3 aliphatic rings. The van der Waals surface area contributed by atoms with E-state index in [1.54, 1.807) is 0 Å². The molecule has 3 fully saturated rings. The molecule has 0 radical (unpaired) electrons. The van der Waals surface area contributed by atoms with E-state index in [1.807, 2.05) is 0 Å². The topological polar surface area (TPSA) is 68.2 Å². The second-order valence-corrected chi connectivity index (χ2v) is 8.08. The van der Waals surface area contributed by atoms with Crippen LogP contribution in [0.25, 0.3) is 0 Å². The van der Waals surface area contributed by atoms with Crippen LogP contribution in [0.1, 0.15) is 32.6 Å². The molecule has 4 unspecified atom stereocenters. The standard InChI is InChI=1S/C18H35N3O3/c1-13-3-9-21(10-4-13)17-15(24-16(12-22)18(17)23)11-19-14-5-7-20(2)8-6-14/h13-19,22-23H,3-12H2,1-2H3. The Bertz CT molecular complexity index is 382. The van der Waals surface area contributed by atoms with Crippen LogP contribution in [0.2, 0.25) is 0 Å². The van der Waals surface area contributed by atoms with Crippen molar-refractivity contribution in [1.29, 1.82) is 0 Å². The highest BCUT2D eigenvalue weighted by atomic mass is 16.5. The van der Waals surface area contributed by atoms with Crippen LogP contribution in [0.5, 0.6) is 0 Å². The number of ether oxygens (including phenoxy) is 1. The van der Waals surface area contributed by atoms with Gasteiger partial charge >= 0.3 is 0 Å². The Morgan fingerprint density at radius 1 is 1.04 bits per heavy atom. The van der Waals surface area contributed by atoms with Gasteiger partial charge in [0.25, 0.3) is 0 Å². The van der Waals surface area contributed by atoms with Gasteiger partial charge in [-0.25, -0.2) is 0 Å². The van der Waals surface area contributed by atoms with Crippen LogP contribution < -0.4 is 5.32 Å². The molecule has 3 rings (SSSR count). The monoisotopic (exact) mass is 341 g/mol. The number of aliphatic hydroxyl groups is 2. The van der Waals surface area contributed by atoms with Crippen LogP contribution in [0, 0.1) is 5.92 Å². The summed E-state index contributed by atoms with van der Waals surface area (Å²) in [4.78, 5) is 4.76. The molecule has 0 aromatic heterocycles. The first-order valence-corrected chi connectivity index (χ1v) is 9.69. The first-order chi connectivity index (χ1) is 11.6. The zero-order chi connectivity index (χ0) is 17.1. The van der Waals surface area contributed by atoms with Crippen molar-refractivity contribution < 1.29 is 14.9 Å². The first kappa shape index (κ1) is 18.5. The van der Waals surface area contributed by atoms with Crippen molar-refractivity contribution in [2.24, 2.45) is 5.92 Å². The zero-order valence-electron chi connectivity index (χ0n) is 15.2. The Kier molecular flexibility index (Phi) is 6.51. The highest BCUT2D eigenvalue weighted by Gasteiger charge is 2.46. The molecule has 4 atom stereocenters. The molecule has 3 saturated heterocycles. The Morgan fingerprint density at radius 3 is 2.33 bits per heavy atom. The lowest BCUT2D eigenvalue weighted by Gasteiger charge is -2.38. The number of nitrogens with zero attached hydrogens (tertiary/aromatic N) is 2. The Morgan fingerprint density at radius 2 is 1.71 bits per heavy atom. The number of hydrogen-bond acceptors (Lipinski definition) is 6. The first-order valence-electron chi connectivity index (χ1n) is 9.69. The van der Waals surface area contributed by atoms with Crippen LogP contribution in [0.3, 0.4) is 0 Å². The van der Waals surface area contributed by atoms with Crippen molar-refractivity contribution in [3.05, 3.63) is 0 Å². The van der Waals surface area contributed by atoms with E-state index in [1.165, 1.54) is 25.7 Å². The summed E-state index contributed by atoms with van der Waals surface area (Å²) in [7, 11) is 2.17. The molecule has 0 aromatic rings. The third kappa shape index (κ3) is 4.29. The molecule has 6 heteroatoms. The van der Waals surface area contributed by atoms with E-state index < -0.39 is 12.2 Å². The molecule has 140 valence electrons. The minimum atomic E-state index is -0.590. The second-order valence-electron chi connectivity index (χ2n) is 8.08. The van der Waals surface area contributed by atoms with Gasteiger partial charge in [-0.1, -0.05) is 6.92 Å². The fourth-order valence-electron chi connectivity index (χ4n) is 4.42. The predicted octanol–water partition coefficient (Wildman–Crippen LogP) is -0.109. The van der Waals surface area contributed by atoms with Crippen LogP contribution in [-0.2, 0) is 4.74 Å². The van der Waals surface area contributed by atoms with E-state index in [4.69, 9.17) is 4.74 Å². The minimum Gasteiger partial charge on any atom is -0.394 e. The molecule has 3 aliphatic heterocycles. The predicted molar refractivity (Wildman–Crippen MR) is 94.0 cm³/mol. The molecular weight excluding hydrogens is 306 g/mol. The molecule has 6 nitrogen and oxygen atoms in total. The van der Waals surface area contributed by atoms with Gasteiger partial charge in [0.05, 0.1) is 18.8 Å². The Hall–Kier alpha value is -0.240. The Balaban J connectivity index is 1.56. The smallest absolute Gasteiger partial charge is 0.109 e. The van der Waals surface area contributed by atoms with Crippen molar-refractivity contribution in [3.63, 3.8) is 0 Å². The van der Waals surface area contributed by atoms with Gasteiger partial charge in [-0.15, -0.1) is 0 Å². The highest BCUT2D eigenvalue weighted by Crippen LogP contribution is 2.29. The Labute approximate surface area is 146 Å². The van der Waals surface area contributed by atoms with Gasteiger partial charge in [0, 0.05) is 12.6 Å². The summed E-state index contributed by atoms with van der Waals surface area (Å²) in [5.74, 6) is 0.769.